The molecule has 1 unspecified atom stereocenters. The van der Waals surface area contributed by atoms with Crippen molar-refractivity contribution >= 4 is 17.6 Å². The van der Waals surface area contributed by atoms with E-state index in [9.17, 15) is 4.79 Å². The highest BCUT2D eigenvalue weighted by atomic mass is 35.5. The van der Waals surface area contributed by atoms with Crippen molar-refractivity contribution in [1.82, 2.24) is 0 Å². The van der Waals surface area contributed by atoms with Gasteiger partial charge in [-0.05, 0) is 17.7 Å². The molecule has 0 fully saturated rings. The molecule has 1 atom stereocenters. The van der Waals surface area contributed by atoms with E-state index in [1.54, 1.807) is 24.3 Å². The number of carbonyl (C=O) groups is 1. The molecule has 4 nitrogen and oxygen atoms in total. The number of rotatable bonds is 5. The first-order valence-electron chi connectivity index (χ1n) is 5.03. The molecule has 1 aromatic rings. The lowest BCUT2D eigenvalue weighted by molar-refractivity contribution is -0.163. The standard InChI is InChI=1S/C12H15ClO4/c1-15-11(14)10(12(16-2)17-3)8-4-6-9(13)7-5-8/h4-7,10,12H,1-3H3. The Morgan fingerprint density at radius 1 is 1.12 bits per heavy atom. The van der Waals surface area contributed by atoms with Crippen LogP contribution in [0.3, 0.4) is 0 Å². The van der Waals surface area contributed by atoms with Crippen molar-refractivity contribution in [1.29, 1.82) is 0 Å². The Kier molecular flexibility index (Phi) is 5.41. The number of hydrogen-bond acceptors (Lipinski definition) is 4. The van der Waals surface area contributed by atoms with Gasteiger partial charge < -0.3 is 14.2 Å². The molecule has 17 heavy (non-hydrogen) atoms. The minimum atomic E-state index is -0.691. The van der Waals surface area contributed by atoms with Crippen LogP contribution in [0.4, 0.5) is 0 Å². The first-order chi connectivity index (χ1) is 8.13. The first kappa shape index (κ1) is 14.0. The van der Waals surface area contributed by atoms with Crippen molar-refractivity contribution < 1.29 is 19.0 Å². The predicted molar refractivity (Wildman–Crippen MR) is 64.0 cm³/mol. The lowest BCUT2D eigenvalue weighted by Crippen LogP contribution is -2.30. The fourth-order valence-electron chi connectivity index (χ4n) is 1.57. The van der Waals surface area contributed by atoms with Gasteiger partial charge in [0.15, 0.2) is 6.29 Å². The number of halogens is 1. The summed E-state index contributed by atoms with van der Waals surface area (Å²) in [5.74, 6) is -1.05. The van der Waals surface area contributed by atoms with Gasteiger partial charge in [0.05, 0.1) is 7.11 Å². The molecule has 0 N–H and O–H groups in total. The molecule has 0 spiro atoms. The molecule has 0 saturated carbocycles. The fourth-order valence-corrected chi connectivity index (χ4v) is 1.70. The average Bonchev–Trinajstić information content (AvgIpc) is 2.36. The summed E-state index contributed by atoms with van der Waals surface area (Å²) in [4.78, 5) is 11.7. The second-order valence-corrected chi connectivity index (χ2v) is 3.83. The van der Waals surface area contributed by atoms with Gasteiger partial charge in [0.25, 0.3) is 0 Å². The minimum Gasteiger partial charge on any atom is -0.468 e. The smallest absolute Gasteiger partial charge is 0.318 e. The molecule has 0 bridgehead atoms. The van der Waals surface area contributed by atoms with Crippen molar-refractivity contribution in [2.45, 2.75) is 12.2 Å². The van der Waals surface area contributed by atoms with Gasteiger partial charge in [-0.1, -0.05) is 23.7 Å². The van der Waals surface area contributed by atoms with Crippen molar-refractivity contribution in [3.63, 3.8) is 0 Å². The summed E-state index contributed by atoms with van der Waals surface area (Å²) >= 11 is 5.80. The molecule has 1 rings (SSSR count). The van der Waals surface area contributed by atoms with E-state index in [4.69, 9.17) is 25.8 Å². The van der Waals surface area contributed by atoms with E-state index in [1.807, 2.05) is 0 Å². The maximum Gasteiger partial charge on any atom is 0.318 e. The van der Waals surface area contributed by atoms with Crippen LogP contribution in [0.5, 0.6) is 0 Å². The molecular weight excluding hydrogens is 244 g/mol. The third-order valence-corrected chi connectivity index (χ3v) is 2.67. The van der Waals surface area contributed by atoms with E-state index >= 15 is 0 Å². The van der Waals surface area contributed by atoms with Crippen LogP contribution >= 0.6 is 11.6 Å². The van der Waals surface area contributed by atoms with Gasteiger partial charge in [-0.15, -0.1) is 0 Å². The number of esters is 1. The Morgan fingerprint density at radius 2 is 1.65 bits per heavy atom. The topological polar surface area (TPSA) is 44.8 Å². The van der Waals surface area contributed by atoms with Gasteiger partial charge in [0.1, 0.15) is 5.92 Å². The van der Waals surface area contributed by atoms with Crippen LogP contribution in [-0.2, 0) is 19.0 Å². The Morgan fingerprint density at radius 3 is 2.06 bits per heavy atom. The molecule has 1 aromatic carbocycles. The predicted octanol–water partition coefficient (Wildman–Crippen LogP) is 2.22. The maximum atomic E-state index is 11.7. The molecule has 0 radical (unpaired) electrons. The van der Waals surface area contributed by atoms with Crippen LogP contribution in [-0.4, -0.2) is 33.6 Å². The summed E-state index contributed by atoms with van der Waals surface area (Å²) in [6, 6.07) is 6.90. The maximum absolute atomic E-state index is 11.7. The quantitative estimate of drug-likeness (QED) is 0.600. The zero-order chi connectivity index (χ0) is 12.8. The Bertz CT molecular complexity index is 359. The minimum absolute atomic E-state index is 0.416. The lowest BCUT2D eigenvalue weighted by atomic mass is 9.98. The van der Waals surface area contributed by atoms with E-state index in [0.717, 1.165) is 5.56 Å². The van der Waals surface area contributed by atoms with Gasteiger partial charge in [-0.3, -0.25) is 4.79 Å². The van der Waals surface area contributed by atoms with Crippen molar-refractivity contribution in [2.24, 2.45) is 0 Å². The van der Waals surface area contributed by atoms with E-state index < -0.39 is 18.2 Å². The molecule has 0 aliphatic heterocycles. The van der Waals surface area contributed by atoms with E-state index in [0.29, 0.717) is 5.02 Å². The number of hydrogen-bond donors (Lipinski definition) is 0. The number of benzene rings is 1. The van der Waals surface area contributed by atoms with Crippen molar-refractivity contribution in [3.05, 3.63) is 34.9 Å². The Balaban J connectivity index is 3.05. The number of methoxy groups -OCH3 is 3. The molecule has 0 aromatic heterocycles. The summed E-state index contributed by atoms with van der Waals surface area (Å²) in [5.41, 5.74) is 0.731. The second-order valence-electron chi connectivity index (χ2n) is 3.39. The highest BCUT2D eigenvalue weighted by molar-refractivity contribution is 6.30. The summed E-state index contributed by atoms with van der Waals surface area (Å²) < 4.78 is 15.0. The molecule has 5 heteroatoms. The molecule has 0 heterocycles. The normalized spacial score (nSPS) is 12.5. The fraction of sp³-hybridized carbons (Fsp3) is 0.417. The van der Waals surface area contributed by atoms with Crippen molar-refractivity contribution in [2.75, 3.05) is 21.3 Å². The number of carbonyl (C=O) groups excluding carboxylic acids is 1. The largest absolute Gasteiger partial charge is 0.468 e. The Labute approximate surface area is 105 Å². The molecule has 0 saturated heterocycles. The summed E-state index contributed by atoms with van der Waals surface area (Å²) in [6.45, 7) is 0. The van der Waals surface area contributed by atoms with Crippen molar-refractivity contribution in [3.8, 4) is 0 Å². The molecule has 0 amide bonds. The van der Waals surface area contributed by atoms with Gasteiger partial charge >= 0.3 is 5.97 Å². The van der Waals surface area contributed by atoms with E-state index in [1.165, 1.54) is 21.3 Å². The lowest BCUT2D eigenvalue weighted by Gasteiger charge is -2.22. The molecule has 0 aliphatic carbocycles. The SMILES string of the molecule is COC(=O)C(c1ccc(Cl)cc1)C(OC)OC. The monoisotopic (exact) mass is 258 g/mol. The van der Waals surface area contributed by atoms with Crippen LogP contribution in [0, 0.1) is 0 Å². The van der Waals surface area contributed by atoms with Gasteiger partial charge in [-0.2, -0.15) is 0 Å². The van der Waals surface area contributed by atoms with Gasteiger partial charge in [0, 0.05) is 19.2 Å². The highest BCUT2D eigenvalue weighted by Gasteiger charge is 2.31. The third kappa shape index (κ3) is 3.43. The van der Waals surface area contributed by atoms with Crippen LogP contribution in [0.1, 0.15) is 11.5 Å². The Hall–Kier alpha value is -1.10. The summed E-state index contributed by atoms with van der Waals surface area (Å²) in [5, 5.41) is 0.601. The highest BCUT2D eigenvalue weighted by Crippen LogP contribution is 2.25. The van der Waals surface area contributed by atoms with E-state index in [2.05, 4.69) is 0 Å². The molecular formula is C12H15ClO4. The first-order valence-corrected chi connectivity index (χ1v) is 5.40. The zero-order valence-electron chi connectivity index (χ0n) is 9.98. The zero-order valence-corrected chi connectivity index (χ0v) is 10.7. The van der Waals surface area contributed by atoms with Gasteiger partial charge in [0.2, 0.25) is 0 Å². The van der Waals surface area contributed by atoms with Gasteiger partial charge in [-0.25, -0.2) is 0 Å². The summed E-state index contributed by atoms with van der Waals surface area (Å²) in [7, 11) is 4.27. The average molecular weight is 259 g/mol. The van der Waals surface area contributed by atoms with Crippen LogP contribution in [0.15, 0.2) is 24.3 Å². The van der Waals surface area contributed by atoms with Crippen LogP contribution in [0.25, 0.3) is 0 Å². The second kappa shape index (κ2) is 6.59. The molecule has 94 valence electrons. The summed E-state index contributed by atoms with van der Waals surface area (Å²) in [6.07, 6.45) is -0.691. The van der Waals surface area contributed by atoms with Crippen LogP contribution < -0.4 is 0 Å². The number of ether oxygens (including phenoxy) is 3. The molecule has 0 aliphatic rings. The van der Waals surface area contributed by atoms with E-state index in [-0.39, 0.29) is 0 Å². The third-order valence-electron chi connectivity index (χ3n) is 2.42. The van der Waals surface area contributed by atoms with Crippen LogP contribution in [0.2, 0.25) is 5.02 Å².